The van der Waals surface area contributed by atoms with Crippen LogP contribution < -0.4 is 0 Å². The van der Waals surface area contributed by atoms with Gasteiger partial charge in [0, 0.05) is 21.1 Å². The summed E-state index contributed by atoms with van der Waals surface area (Å²) in [6.45, 7) is 5.41. The van der Waals surface area contributed by atoms with Gasteiger partial charge in [0.05, 0.1) is 0 Å². The lowest BCUT2D eigenvalue weighted by Crippen LogP contribution is -2.28. The highest BCUT2D eigenvalue weighted by Crippen LogP contribution is 2.01. The van der Waals surface area contributed by atoms with Gasteiger partial charge in [-0.05, 0) is 0 Å². The monoisotopic (exact) mass is 136 g/mol. The molecule has 0 saturated carbocycles. The van der Waals surface area contributed by atoms with E-state index in [1.54, 1.807) is 0 Å². The molecule has 0 aromatic heterocycles. The highest BCUT2D eigenvalue weighted by Gasteiger charge is 2.15. The maximum Gasteiger partial charge on any atom is 0.276 e. The first-order chi connectivity index (χ1) is 4.12. The number of aliphatic hydroxyl groups is 1. The SMILES string of the molecule is CC.COC(C)(O)OC. The Hall–Kier alpha value is -0.120. The van der Waals surface area contributed by atoms with Crippen molar-refractivity contribution in [1.82, 2.24) is 0 Å². The van der Waals surface area contributed by atoms with Crippen LogP contribution >= 0.6 is 0 Å². The van der Waals surface area contributed by atoms with Crippen molar-refractivity contribution in [2.45, 2.75) is 26.7 Å². The topological polar surface area (TPSA) is 38.7 Å². The Kier molecular flexibility index (Phi) is 7.77. The first kappa shape index (κ1) is 11.6. The molecule has 0 unspecified atom stereocenters. The van der Waals surface area contributed by atoms with Crippen molar-refractivity contribution >= 4 is 0 Å². The lowest BCUT2D eigenvalue weighted by molar-refractivity contribution is -0.326. The molecule has 0 atom stereocenters. The Morgan fingerprint density at radius 3 is 1.33 bits per heavy atom. The lowest BCUT2D eigenvalue weighted by Gasteiger charge is -2.17. The number of rotatable bonds is 2. The van der Waals surface area contributed by atoms with Crippen LogP contribution in [0.15, 0.2) is 0 Å². The smallest absolute Gasteiger partial charge is 0.276 e. The molecule has 0 aromatic carbocycles. The van der Waals surface area contributed by atoms with Crippen LogP contribution in [-0.2, 0) is 9.47 Å². The van der Waals surface area contributed by atoms with Gasteiger partial charge >= 0.3 is 0 Å². The molecule has 0 saturated heterocycles. The van der Waals surface area contributed by atoms with Gasteiger partial charge in [-0.3, -0.25) is 0 Å². The van der Waals surface area contributed by atoms with Crippen LogP contribution in [0.1, 0.15) is 20.8 Å². The zero-order valence-electron chi connectivity index (χ0n) is 6.76. The summed E-state index contributed by atoms with van der Waals surface area (Å²) in [4.78, 5) is 0. The molecule has 3 heteroatoms. The van der Waals surface area contributed by atoms with E-state index in [4.69, 9.17) is 5.11 Å². The maximum atomic E-state index is 8.69. The molecule has 0 aliphatic carbocycles. The summed E-state index contributed by atoms with van der Waals surface area (Å²) in [7, 11) is 2.73. The van der Waals surface area contributed by atoms with Crippen LogP contribution in [0.4, 0.5) is 0 Å². The fraction of sp³-hybridized carbons (Fsp3) is 1.00. The molecule has 9 heavy (non-hydrogen) atoms. The van der Waals surface area contributed by atoms with Gasteiger partial charge in [0.1, 0.15) is 0 Å². The summed E-state index contributed by atoms with van der Waals surface area (Å²) in [5.41, 5.74) is 0. The summed E-state index contributed by atoms with van der Waals surface area (Å²) in [6.07, 6.45) is 0. The molecule has 0 aromatic rings. The Morgan fingerprint density at radius 2 is 1.33 bits per heavy atom. The third-order valence-corrected chi connectivity index (χ3v) is 0.757. The second-order valence-corrected chi connectivity index (χ2v) is 1.31. The predicted octanol–water partition coefficient (Wildman–Crippen LogP) is 0.971. The molecule has 0 rings (SSSR count). The summed E-state index contributed by atoms with van der Waals surface area (Å²) >= 11 is 0. The first-order valence-electron chi connectivity index (χ1n) is 2.95. The normalized spacial score (nSPS) is 10.0. The van der Waals surface area contributed by atoms with E-state index in [2.05, 4.69) is 9.47 Å². The largest absolute Gasteiger partial charge is 0.344 e. The molecule has 0 bridgehead atoms. The average molecular weight is 136 g/mol. The summed E-state index contributed by atoms with van der Waals surface area (Å²) < 4.78 is 8.84. The van der Waals surface area contributed by atoms with E-state index in [1.807, 2.05) is 13.8 Å². The number of ether oxygens (including phenoxy) is 2. The van der Waals surface area contributed by atoms with Crippen LogP contribution in [0.2, 0.25) is 0 Å². The fourth-order valence-corrected chi connectivity index (χ4v) is 0.0833. The molecule has 1 N–H and O–H groups in total. The molecule has 0 amide bonds. The van der Waals surface area contributed by atoms with Crippen LogP contribution in [0.3, 0.4) is 0 Å². The lowest BCUT2D eigenvalue weighted by atomic mass is 10.7. The van der Waals surface area contributed by atoms with Gasteiger partial charge in [-0.1, -0.05) is 13.8 Å². The Bertz CT molecular complexity index is 46.3. The van der Waals surface area contributed by atoms with Crippen molar-refractivity contribution < 1.29 is 14.6 Å². The van der Waals surface area contributed by atoms with E-state index in [0.717, 1.165) is 0 Å². The Balaban J connectivity index is 0. The molecular formula is C6H16O3. The van der Waals surface area contributed by atoms with Crippen molar-refractivity contribution in [3.63, 3.8) is 0 Å². The zero-order valence-corrected chi connectivity index (χ0v) is 6.76. The molecule has 0 spiro atoms. The van der Waals surface area contributed by atoms with Gasteiger partial charge in [-0.15, -0.1) is 0 Å². The van der Waals surface area contributed by atoms with Crippen molar-refractivity contribution in [2.24, 2.45) is 0 Å². The summed E-state index contributed by atoms with van der Waals surface area (Å²) in [5.74, 6) is -1.42. The highest BCUT2D eigenvalue weighted by molar-refractivity contribution is 4.33. The van der Waals surface area contributed by atoms with E-state index in [0.29, 0.717) is 0 Å². The quantitative estimate of drug-likeness (QED) is 0.575. The molecule has 0 radical (unpaired) electrons. The first-order valence-corrected chi connectivity index (χ1v) is 2.95. The van der Waals surface area contributed by atoms with E-state index in [1.165, 1.54) is 21.1 Å². The third kappa shape index (κ3) is 7.88. The van der Waals surface area contributed by atoms with E-state index in [-0.39, 0.29) is 0 Å². The highest BCUT2D eigenvalue weighted by atomic mass is 16.8. The molecule has 58 valence electrons. The van der Waals surface area contributed by atoms with Gasteiger partial charge in [-0.25, -0.2) is 0 Å². The van der Waals surface area contributed by atoms with Gasteiger partial charge in [0.15, 0.2) is 0 Å². The second kappa shape index (κ2) is 6.01. The Morgan fingerprint density at radius 1 is 1.11 bits per heavy atom. The Labute approximate surface area is 56.6 Å². The molecule has 0 aliphatic heterocycles. The molecule has 0 fully saturated rings. The molecular weight excluding hydrogens is 120 g/mol. The molecule has 0 aliphatic rings. The van der Waals surface area contributed by atoms with Gasteiger partial charge in [0.2, 0.25) is 0 Å². The minimum absolute atomic E-state index is 1.36. The fourth-order valence-electron chi connectivity index (χ4n) is 0.0833. The van der Waals surface area contributed by atoms with Crippen molar-refractivity contribution in [3.05, 3.63) is 0 Å². The van der Waals surface area contributed by atoms with Crippen molar-refractivity contribution in [2.75, 3.05) is 14.2 Å². The summed E-state index contributed by atoms with van der Waals surface area (Å²) in [6, 6.07) is 0. The molecule has 0 heterocycles. The third-order valence-electron chi connectivity index (χ3n) is 0.757. The standard InChI is InChI=1S/C4H10O3.C2H6/c1-4(5,6-2)7-3;1-2/h5H,1-3H3;1-2H3. The van der Waals surface area contributed by atoms with Gasteiger partial charge < -0.3 is 14.6 Å². The van der Waals surface area contributed by atoms with Crippen LogP contribution in [0.25, 0.3) is 0 Å². The van der Waals surface area contributed by atoms with Crippen molar-refractivity contribution in [3.8, 4) is 0 Å². The predicted molar refractivity (Wildman–Crippen MR) is 36.0 cm³/mol. The minimum atomic E-state index is -1.42. The average Bonchev–Trinajstić information content (AvgIpc) is 1.93. The van der Waals surface area contributed by atoms with E-state index < -0.39 is 5.97 Å². The maximum absolute atomic E-state index is 8.69. The number of hydrogen-bond acceptors (Lipinski definition) is 3. The summed E-state index contributed by atoms with van der Waals surface area (Å²) in [5, 5.41) is 8.69. The zero-order chi connectivity index (χ0) is 7.91. The van der Waals surface area contributed by atoms with E-state index in [9.17, 15) is 0 Å². The van der Waals surface area contributed by atoms with Crippen LogP contribution in [0.5, 0.6) is 0 Å². The van der Waals surface area contributed by atoms with Crippen molar-refractivity contribution in [1.29, 1.82) is 0 Å². The second-order valence-electron chi connectivity index (χ2n) is 1.31. The van der Waals surface area contributed by atoms with Gasteiger partial charge in [-0.2, -0.15) is 0 Å². The van der Waals surface area contributed by atoms with E-state index >= 15 is 0 Å². The van der Waals surface area contributed by atoms with Crippen LogP contribution in [0, 0.1) is 0 Å². The van der Waals surface area contributed by atoms with Crippen LogP contribution in [-0.4, -0.2) is 25.3 Å². The minimum Gasteiger partial charge on any atom is -0.344 e. The molecule has 3 nitrogen and oxygen atoms in total. The number of methoxy groups -OCH3 is 2. The number of hydrogen-bond donors (Lipinski definition) is 1. The van der Waals surface area contributed by atoms with Gasteiger partial charge in [0.25, 0.3) is 5.97 Å².